The van der Waals surface area contributed by atoms with Crippen LogP contribution in [0, 0.1) is 5.82 Å². The van der Waals surface area contributed by atoms with E-state index in [2.05, 4.69) is 5.32 Å². The third kappa shape index (κ3) is 5.46. The molecule has 3 aromatic carbocycles. The quantitative estimate of drug-likeness (QED) is 0.466. The van der Waals surface area contributed by atoms with Crippen LogP contribution in [0.1, 0.15) is 46.1 Å². The molecule has 1 aliphatic heterocycles. The number of amides is 2. The monoisotopic (exact) mass is 525 g/mol. The number of rotatable bonds is 8. The summed E-state index contributed by atoms with van der Waals surface area (Å²) in [6, 6.07) is 15.9. The van der Waals surface area contributed by atoms with E-state index in [1.165, 1.54) is 15.3 Å². The smallest absolute Gasteiger partial charge is 0.265 e. The molecule has 196 valence electrons. The van der Waals surface area contributed by atoms with Crippen molar-refractivity contribution < 1.29 is 22.4 Å². The number of halogens is 1. The van der Waals surface area contributed by atoms with Crippen molar-refractivity contribution in [3.05, 3.63) is 72.0 Å². The number of carbonyl (C=O) groups excluding carboxylic acids is 2. The van der Waals surface area contributed by atoms with E-state index in [0.717, 1.165) is 5.39 Å². The number of hydrogen-bond acceptors (Lipinski definition) is 4. The van der Waals surface area contributed by atoms with Crippen molar-refractivity contribution in [1.29, 1.82) is 0 Å². The van der Waals surface area contributed by atoms with Gasteiger partial charge in [-0.2, -0.15) is 0 Å². The molecule has 0 fully saturated rings. The summed E-state index contributed by atoms with van der Waals surface area (Å²) in [5.41, 5.74) is 0.398. The Kier molecular flexibility index (Phi) is 7.28. The highest BCUT2D eigenvalue weighted by Crippen LogP contribution is 2.42. The molecule has 2 amide bonds. The second-order valence-electron chi connectivity index (χ2n) is 10.3. The van der Waals surface area contributed by atoms with Gasteiger partial charge in [-0.25, -0.2) is 12.8 Å². The lowest BCUT2D eigenvalue weighted by molar-refractivity contribution is -0.141. The first-order chi connectivity index (χ1) is 17.4. The summed E-state index contributed by atoms with van der Waals surface area (Å²) < 4.78 is 42.2. The maximum Gasteiger partial charge on any atom is 0.265 e. The van der Waals surface area contributed by atoms with Crippen LogP contribution in [0.2, 0.25) is 0 Å². The van der Waals surface area contributed by atoms with Gasteiger partial charge >= 0.3 is 0 Å². The fourth-order valence-electron chi connectivity index (χ4n) is 4.58. The van der Waals surface area contributed by atoms with Crippen LogP contribution in [0.15, 0.2) is 65.6 Å². The van der Waals surface area contributed by atoms with Crippen molar-refractivity contribution in [2.45, 2.75) is 63.6 Å². The predicted molar refractivity (Wildman–Crippen MR) is 142 cm³/mol. The molecule has 1 atom stereocenters. The summed E-state index contributed by atoms with van der Waals surface area (Å²) in [6.07, 6.45) is 0.240. The molecule has 0 unspecified atom stereocenters. The minimum absolute atomic E-state index is 0.0000673. The van der Waals surface area contributed by atoms with Gasteiger partial charge in [-0.15, -0.1) is 0 Å². The van der Waals surface area contributed by atoms with Crippen LogP contribution in [0.4, 0.5) is 10.1 Å². The molecule has 0 saturated heterocycles. The van der Waals surface area contributed by atoms with Gasteiger partial charge in [0.05, 0.1) is 10.6 Å². The SMILES string of the molecule is C[C@H](C(=O)NC(C)(C)C)N(Cc1ccccc1F)C(=O)CCCN1c2cccc3cccc(c23)S1(=O)=O. The molecule has 0 saturated carbocycles. The van der Waals surface area contributed by atoms with Crippen LogP contribution in [-0.4, -0.2) is 43.3 Å². The van der Waals surface area contributed by atoms with Gasteiger partial charge < -0.3 is 10.2 Å². The van der Waals surface area contributed by atoms with E-state index in [-0.39, 0.29) is 42.6 Å². The van der Waals surface area contributed by atoms with E-state index < -0.39 is 27.4 Å². The molecule has 7 nitrogen and oxygen atoms in total. The fourth-order valence-corrected chi connectivity index (χ4v) is 6.33. The Morgan fingerprint density at radius 2 is 1.70 bits per heavy atom. The molecule has 4 rings (SSSR count). The minimum Gasteiger partial charge on any atom is -0.350 e. The van der Waals surface area contributed by atoms with Gasteiger partial charge in [-0.3, -0.25) is 13.9 Å². The zero-order valence-electron chi connectivity index (χ0n) is 21.5. The number of sulfonamides is 1. The highest BCUT2D eigenvalue weighted by atomic mass is 32.2. The molecule has 0 aromatic heterocycles. The summed E-state index contributed by atoms with van der Waals surface area (Å²) in [4.78, 5) is 27.9. The predicted octanol–water partition coefficient (Wildman–Crippen LogP) is 4.60. The van der Waals surface area contributed by atoms with Crippen molar-refractivity contribution in [3.63, 3.8) is 0 Å². The largest absolute Gasteiger partial charge is 0.350 e. The van der Waals surface area contributed by atoms with Crippen molar-refractivity contribution in [3.8, 4) is 0 Å². The summed E-state index contributed by atoms with van der Waals surface area (Å²) in [6.45, 7) is 7.18. The molecular weight excluding hydrogens is 493 g/mol. The van der Waals surface area contributed by atoms with Crippen LogP contribution >= 0.6 is 0 Å². The second-order valence-corrected chi connectivity index (χ2v) is 12.2. The Balaban J connectivity index is 1.51. The first kappa shape index (κ1) is 26.6. The number of nitrogens with one attached hydrogen (secondary N) is 1. The van der Waals surface area contributed by atoms with E-state index in [0.29, 0.717) is 16.6 Å². The average molecular weight is 526 g/mol. The first-order valence-corrected chi connectivity index (χ1v) is 13.7. The summed E-state index contributed by atoms with van der Waals surface area (Å²) in [5, 5.41) is 4.40. The van der Waals surface area contributed by atoms with Crippen molar-refractivity contribution in [2.75, 3.05) is 10.8 Å². The molecule has 0 bridgehead atoms. The van der Waals surface area contributed by atoms with E-state index >= 15 is 0 Å². The molecule has 37 heavy (non-hydrogen) atoms. The Bertz CT molecular complexity index is 1440. The molecule has 0 radical (unpaired) electrons. The molecule has 9 heteroatoms. The lowest BCUT2D eigenvalue weighted by Crippen LogP contribution is -2.52. The second kappa shape index (κ2) is 10.1. The highest BCUT2D eigenvalue weighted by Gasteiger charge is 2.35. The molecule has 3 aromatic rings. The molecule has 0 spiro atoms. The third-order valence-corrected chi connectivity index (χ3v) is 8.25. The summed E-state index contributed by atoms with van der Waals surface area (Å²) >= 11 is 0. The van der Waals surface area contributed by atoms with Crippen molar-refractivity contribution >= 4 is 38.3 Å². The van der Waals surface area contributed by atoms with Gasteiger partial charge in [-0.1, -0.05) is 42.5 Å². The van der Waals surface area contributed by atoms with E-state index in [1.54, 1.807) is 43.3 Å². The number of benzene rings is 3. The van der Waals surface area contributed by atoms with Gasteiger partial charge in [0, 0.05) is 36.0 Å². The molecule has 1 aliphatic rings. The summed E-state index contributed by atoms with van der Waals surface area (Å²) in [7, 11) is -3.73. The van der Waals surface area contributed by atoms with Crippen molar-refractivity contribution in [2.24, 2.45) is 0 Å². The topological polar surface area (TPSA) is 86.8 Å². The molecule has 1 heterocycles. The number of hydrogen-bond donors (Lipinski definition) is 1. The Labute approximate surface area is 217 Å². The van der Waals surface area contributed by atoms with Crippen LogP contribution in [0.25, 0.3) is 10.8 Å². The lowest BCUT2D eigenvalue weighted by atomic mass is 10.1. The van der Waals surface area contributed by atoms with Gasteiger partial charge in [0.1, 0.15) is 11.9 Å². The zero-order valence-corrected chi connectivity index (χ0v) is 22.3. The maximum absolute atomic E-state index is 14.4. The third-order valence-electron chi connectivity index (χ3n) is 6.40. The minimum atomic E-state index is -3.73. The van der Waals surface area contributed by atoms with E-state index in [4.69, 9.17) is 0 Å². The summed E-state index contributed by atoms with van der Waals surface area (Å²) in [5.74, 6) is -1.16. The standard InChI is InChI=1S/C28H32FN3O4S/c1-19(27(34)30-28(2,3)4)31(18-21-10-5-6-13-22(21)29)25(33)16-9-17-32-23-14-7-11-20-12-8-15-24(26(20)23)37(32,35)36/h5-8,10-15,19H,9,16-18H2,1-4H3,(H,30,34)/t19-/m1/s1. The van der Waals surface area contributed by atoms with Gasteiger partial charge in [-0.05, 0) is 57.7 Å². The number of carbonyl (C=O) groups is 2. The maximum atomic E-state index is 14.4. The number of anilines is 1. The highest BCUT2D eigenvalue weighted by molar-refractivity contribution is 7.93. The molecule has 0 aliphatic carbocycles. The lowest BCUT2D eigenvalue weighted by Gasteiger charge is -2.31. The number of nitrogens with zero attached hydrogens (tertiary/aromatic N) is 2. The molecule has 1 N–H and O–H groups in total. The van der Waals surface area contributed by atoms with Crippen molar-refractivity contribution in [1.82, 2.24) is 10.2 Å². The fraction of sp³-hybridized carbons (Fsp3) is 0.357. The van der Waals surface area contributed by atoms with Crippen LogP contribution in [-0.2, 0) is 26.2 Å². The van der Waals surface area contributed by atoms with Crippen LogP contribution in [0.5, 0.6) is 0 Å². The Morgan fingerprint density at radius 3 is 2.38 bits per heavy atom. The van der Waals surface area contributed by atoms with E-state index in [9.17, 15) is 22.4 Å². The normalized spacial score (nSPS) is 15.0. The zero-order chi connectivity index (χ0) is 27.0. The molecular formula is C28H32FN3O4S. The van der Waals surface area contributed by atoms with Gasteiger partial charge in [0.15, 0.2) is 0 Å². The van der Waals surface area contributed by atoms with Gasteiger partial charge in [0.25, 0.3) is 10.0 Å². The van der Waals surface area contributed by atoms with E-state index in [1.807, 2.05) is 39.0 Å². The van der Waals surface area contributed by atoms with Crippen LogP contribution < -0.4 is 9.62 Å². The van der Waals surface area contributed by atoms with Gasteiger partial charge in [0.2, 0.25) is 11.8 Å². The Morgan fingerprint density at radius 1 is 1.03 bits per heavy atom. The average Bonchev–Trinajstić information content (AvgIpc) is 3.05. The first-order valence-electron chi connectivity index (χ1n) is 12.3. The van der Waals surface area contributed by atoms with Crippen LogP contribution in [0.3, 0.4) is 0 Å². The Hall–Kier alpha value is -3.46.